The summed E-state index contributed by atoms with van der Waals surface area (Å²) in [6.45, 7) is -0.216. The van der Waals surface area contributed by atoms with Gasteiger partial charge < -0.3 is 20.1 Å². The van der Waals surface area contributed by atoms with E-state index < -0.39 is 30.2 Å². The number of carbonyl (C=O) groups excluding carboxylic acids is 3. The molecule has 8 nitrogen and oxygen atoms in total. The number of benzene rings is 1. The van der Waals surface area contributed by atoms with E-state index in [0.29, 0.717) is 54.9 Å². The Kier molecular flexibility index (Phi) is 6.91. The number of ether oxygens (including phenoxy) is 3. The molecule has 4 fully saturated rings. The number of hydrogen-bond acceptors (Lipinski definition) is 6. The van der Waals surface area contributed by atoms with Gasteiger partial charge in [-0.2, -0.15) is 0 Å². The Hall–Kier alpha value is -2.37. The van der Waals surface area contributed by atoms with Gasteiger partial charge in [-0.25, -0.2) is 0 Å². The summed E-state index contributed by atoms with van der Waals surface area (Å²) in [6.07, 6.45) is -2.71. The van der Waals surface area contributed by atoms with Gasteiger partial charge in [-0.1, -0.05) is 11.6 Å². The third-order valence-corrected chi connectivity index (χ3v) is 8.25. The molecule has 1 heterocycles. The first-order valence-electron chi connectivity index (χ1n) is 12.4. The largest absolute Gasteiger partial charge is 0.522 e. The molecule has 2 bridgehead atoms. The molecule has 0 saturated heterocycles. The minimum atomic E-state index is -4.66. The standard InChI is InChI=1S/C25H28ClF3N2O6/c26-14-1-2-19-17(9-14)18(32)12-20(36-19)22(34)31-24-6-3-23(4-7-24,5-8-24)30-21(33)13-35-15-10-16(11-15)37-25(27,28)29/h1-2,9,15-16,20H,3-8,10-13H2,(H,30,33)(H,31,34)/t15?,16?,20-,23?,24?/m1/s1. The molecule has 2 N–H and O–H groups in total. The lowest BCUT2D eigenvalue weighted by Crippen LogP contribution is -2.65. The fourth-order valence-corrected chi connectivity index (χ4v) is 5.98. The molecule has 4 aliphatic carbocycles. The van der Waals surface area contributed by atoms with Crippen molar-refractivity contribution in [3.05, 3.63) is 28.8 Å². The zero-order chi connectivity index (χ0) is 26.4. The summed E-state index contributed by atoms with van der Waals surface area (Å²) >= 11 is 5.96. The summed E-state index contributed by atoms with van der Waals surface area (Å²) in [4.78, 5) is 38.0. The average molecular weight is 545 g/mol. The minimum absolute atomic E-state index is 0.0562. The number of halogens is 4. The molecule has 6 rings (SSSR count). The number of fused-ring (bicyclic) bond motifs is 4. The highest BCUT2D eigenvalue weighted by atomic mass is 35.5. The van der Waals surface area contributed by atoms with E-state index in [1.807, 2.05) is 0 Å². The summed E-state index contributed by atoms with van der Waals surface area (Å²) < 4.78 is 51.8. The molecule has 0 spiro atoms. The molecule has 1 aliphatic heterocycles. The highest BCUT2D eigenvalue weighted by Crippen LogP contribution is 2.47. The first-order valence-corrected chi connectivity index (χ1v) is 12.8. The monoisotopic (exact) mass is 544 g/mol. The van der Waals surface area contributed by atoms with Gasteiger partial charge in [0.1, 0.15) is 12.4 Å². The van der Waals surface area contributed by atoms with Gasteiger partial charge in [-0.15, -0.1) is 13.2 Å². The predicted octanol–water partition coefficient (Wildman–Crippen LogP) is 3.84. The van der Waals surface area contributed by atoms with Crippen LogP contribution >= 0.6 is 11.6 Å². The van der Waals surface area contributed by atoms with Gasteiger partial charge in [0.15, 0.2) is 11.9 Å². The van der Waals surface area contributed by atoms with Crippen molar-refractivity contribution in [3.63, 3.8) is 0 Å². The van der Waals surface area contributed by atoms with Crippen LogP contribution in [0.25, 0.3) is 0 Å². The SMILES string of the molecule is O=C(COC1CC(OC(F)(F)F)C1)NC12CCC(NC(=O)[C@H]3CC(=O)c4cc(Cl)ccc4O3)(CC1)CC2. The minimum Gasteiger partial charge on any atom is -0.479 e. The smallest absolute Gasteiger partial charge is 0.479 e. The van der Waals surface area contributed by atoms with Crippen LogP contribution in [-0.4, -0.2) is 60.0 Å². The summed E-state index contributed by atoms with van der Waals surface area (Å²) in [7, 11) is 0. The van der Waals surface area contributed by atoms with Crippen molar-refractivity contribution < 1.29 is 41.8 Å². The molecule has 0 aromatic heterocycles. The van der Waals surface area contributed by atoms with Crippen LogP contribution in [0.1, 0.15) is 68.1 Å². The Labute approximate surface area is 216 Å². The topological polar surface area (TPSA) is 103 Å². The maximum Gasteiger partial charge on any atom is 0.522 e. The second-order valence-electron chi connectivity index (χ2n) is 10.6. The van der Waals surface area contributed by atoms with Crippen LogP contribution in [-0.2, 0) is 19.1 Å². The number of Topliss-reactive ketones (excluding diaryl/α,β-unsaturated/α-hetero) is 1. The van der Waals surface area contributed by atoms with Gasteiger partial charge in [-0.05, 0) is 56.7 Å². The molecule has 5 aliphatic rings. The third-order valence-electron chi connectivity index (χ3n) is 8.02. The molecule has 1 aromatic rings. The summed E-state index contributed by atoms with van der Waals surface area (Å²) in [5, 5.41) is 6.61. The highest BCUT2D eigenvalue weighted by molar-refractivity contribution is 6.31. The number of carbonyl (C=O) groups is 3. The molecule has 0 radical (unpaired) electrons. The first-order chi connectivity index (χ1) is 17.4. The van der Waals surface area contributed by atoms with Crippen LogP contribution in [0.3, 0.4) is 0 Å². The Balaban J connectivity index is 1.07. The second-order valence-corrected chi connectivity index (χ2v) is 11.0. The van der Waals surface area contributed by atoms with Crippen molar-refractivity contribution in [1.29, 1.82) is 0 Å². The number of amides is 2. The molecule has 37 heavy (non-hydrogen) atoms. The Morgan fingerprint density at radius 2 is 1.65 bits per heavy atom. The number of rotatable bonds is 7. The Morgan fingerprint density at radius 1 is 1.03 bits per heavy atom. The quantitative estimate of drug-likeness (QED) is 0.541. The number of ketones is 1. The predicted molar refractivity (Wildman–Crippen MR) is 124 cm³/mol. The van der Waals surface area contributed by atoms with Gasteiger partial charge in [-0.3, -0.25) is 19.1 Å². The van der Waals surface area contributed by atoms with Crippen LogP contribution in [0, 0.1) is 0 Å². The van der Waals surface area contributed by atoms with Gasteiger partial charge in [0.25, 0.3) is 5.91 Å². The van der Waals surface area contributed by atoms with Crippen molar-refractivity contribution >= 4 is 29.2 Å². The normalized spacial score (nSPS) is 32.6. The molecule has 12 heteroatoms. The number of alkyl halides is 3. The van der Waals surface area contributed by atoms with E-state index in [9.17, 15) is 27.6 Å². The number of nitrogens with one attached hydrogen (secondary N) is 2. The zero-order valence-electron chi connectivity index (χ0n) is 20.0. The van der Waals surface area contributed by atoms with Crippen LogP contribution < -0.4 is 15.4 Å². The Bertz CT molecular complexity index is 1070. The van der Waals surface area contributed by atoms with Crippen molar-refractivity contribution in [1.82, 2.24) is 10.6 Å². The molecule has 202 valence electrons. The highest BCUT2D eigenvalue weighted by Gasteiger charge is 2.51. The number of hydrogen-bond donors (Lipinski definition) is 2. The van der Waals surface area contributed by atoms with E-state index in [0.717, 1.165) is 0 Å². The van der Waals surface area contributed by atoms with Gasteiger partial charge in [0, 0.05) is 28.9 Å². The van der Waals surface area contributed by atoms with Gasteiger partial charge in [0.2, 0.25) is 5.91 Å². The van der Waals surface area contributed by atoms with Gasteiger partial charge >= 0.3 is 6.36 Å². The van der Waals surface area contributed by atoms with Crippen molar-refractivity contribution in [2.75, 3.05) is 6.61 Å². The van der Waals surface area contributed by atoms with E-state index >= 15 is 0 Å². The molecule has 1 atom stereocenters. The maximum atomic E-state index is 13.0. The van der Waals surface area contributed by atoms with E-state index in [-0.39, 0.29) is 49.0 Å². The summed E-state index contributed by atoms with van der Waals surface area (Å²) in [6, 6.07) is 4.74. The average Bonchev–Trinajstić information content (AvgIpc) is 2.81. The van der Waals surface area contributed by atoms with Gasteiger partial charge in [0.05, 0.1) is 24.2 Å². The van der Waals surface area contributed by atoms with E-state index in [1.165, 1.54) is 0 Å². The molecule has 2 amide bonds. The van der Waals surface area contributed by atoms with E-state index in [1.54, 1.807) is 18.2 Å². The van der Waals surface area contributed by atoms with E-state index in [4.69, 9.17) is 21.1 Å². The molecule has 0 unspecified atom stereocenters. The fraction of sp³-hybridized carbons (Fsp3) is 0.640. The fourth-order valence-electron chi connectivity index (χ4n) is 5.81. The van der Waals surface area contributed by atoms with Crippen molar-refractivity contribution in [2.45, 2.75) is 93.5 Å². The second kappa shape index (κ2) is 9.74. The lowest BCUT2D eigenvalue weighted by Gasteiger charge is -2.54. The van der Waals surface area contributed by atoms with Crippen LogP contribution in [0.4, 0.5) is 13.2 Å². The zero-order valence-corrected chi connectivity index (χ0v) is 20.8. The molecular formula is C25H28ClF3N2O6. The van der Waals surface area contributed by atoms with Crippen molar-refractivity contribution in [3.8, 4) is 5.75 Å². The third kappa shape index (κ3) is 5.88. The first kappa shape index (κ1) is 26.2. The van der Waals surface area contributed by atoms with Crippen LogP contribution in [0.2, 0.25) is 5.02 Å². The Morgan fingerprint density at radius 3 is 2.27 bits per heavy atom. The lowest BCUT2D eigenvalue weighted by atomic mass is 9.61. The molecule has 4 saturated carbocycles. The molecular weight excluding hydrogens is 517 g/mol. The lowest BCUT2D eigenvalue weighted by molar-refractivity contribution is -0.357. The molecule has 1 aromatic carbocycles. The maximum absolute atomic E-state index is 13.0. The van der Waals surface area contributed by atoms with Crippen molar-refractivity contribution in [2.24, 2.45) is 0 Å². The van der Waals surface area contributed by atoms with Crippen LogP contribution in [0.5, 0.6) is 5.75 Å². The summed E-state index contributed by atoms with van der Waals surface area (Å²) in [5.41, 5.74) is -0.419. The van der Waals surface area contributed by atoms with E-state index in [2.05, 4.69) is 15.4 Å². The van der Waals surface area contributed by atoms with Crippen LogP contribution in [0.15, 0.2) is 18.2 Å². The summed E-state index contributed by atoms with van der Waals surface area (Å²) in [5.74, 6) is -0.469.